The smallest absolute Gasteiger partial charge is 0.346 e. The third-order valence-electron chi connectivity index (χ3n) is 2.95. The van der Waals surface area contributed by atoms with Gasteiger partial charge in [0.2, 0.25) is 0 Å². The van der Waals surface area contributed by atoms with Gasteiger partial charge in [-0.2, -0.15) is 0 Å². The van der Waals surface area contributed by atoms with Gasteiger partial charge in [-0.15, -0.1) is 11.3 Å². The van der Waals surface area contributed by atoms with Crippen LogP contribution in [-0.2, 0) is 13.0 Å². The zero-order chi connectivity index (χ0) is 12.6. The number of fused-ring (bicyclic) bond motifs is 1. The normalized spacial score (nSPS) is 19.4. The second-order valence-electron chi connectivity index (χ2n) is 4.89. The first-order chi connectivity index (χ1) is 8.00. The van der Waals surface area contributed by atoms with Gasteiger partial charge in [-0.3, -0.25) is 0 Å². The molecule has 5 heteroatoms. The van der Waals surface area contributed by atoms with Crippen molar-refractivity contribution < 1.29 is 9.90 Å². The van der Waals surface area contributed by atoms with Crippen molar-refractivity contribution in [3.63, 3.8) is 0 Å². The molecule has 17 heavy (non-hydrogen) atoms. The summed E-state index contributed by atoms with van der Waals surface area (Å²) in [4.78, 5) is 12.8. The Balaban J connectivity index is 2.51. The highest BCUT2D eigenvalue weighted by Gasteiger charge is 2.28. The van der Waals surface area contributed by atoms with Crippen molar-refractivity contribution in [2.24, 2.45) is 11.7 Å². The molecule has 0 aliphatic carbocycles. The molecule has 0 fully saturated rings. The van der Waals surface area contributed by atoms with E-state index in [-0.39, 0.29) is 6.04 Å². The van der Waals surface area contributed by atoms with Gasteiger partial charge in [0.05, 0.1) is 0 Å². The van der Waals surface area contributed by atoms with Crippen LogP contribution >= 0.6 is 11.3 Å². The number of hydrogen-bond acceptors (Lipinski definition) is 4. The van der Waals surface area contributed by atoms with Gasteiger partial charge in [0.25, 0.3) is 0 Å². The minimum absolute atomic E-state index is 0.0724. The van der Waals surface area contributed by atoms with Gasteiger partial charge in [0, 0.05) is 24.0 Å². The summed E-state index contributed by atoms with van der Waals surface area (Å²) in [6.45, 7) is 5.67. The maximum absolute atomic E-state index is 11.3. The van der Waals surface area contributed by atoms with Crippen LogP contribution in [0.4, 0.5) is 0 Å². The molecule has 1 unspecified atom stereocenters. The summed E-state index contributed by atoms with van der Waals surface area (Å²) >= 11 is 1.37. The predicted octanol–water partition coefficient (Wildman–Crippen LogP) is 1.75. The van der Waals surface area contributed by atoms with E-state index in [9.17, 15) is 9.90 Å². The van der Waals surface area contributed by atoms with E-state index in [1.807, 2.05) is 0 Å². The number of nitrogens with two attached hydrogens (primary N) is 1. The fourth-order valence-corrected chi connectivity index (χ4v) is 3.53. The zero-order valence-electron chi connectivity index (χ0n) is 10.1. The van der Waals surface area contributed by atoms with Gasteiger partial charge in [-0.1, -0.05) is 13.8 Å². The van der Waals surface area contributed by atoms with E-state index in [0.717, 1.165) is 35.5 Å². The minimum atomic E-state index is -0.827. The Bertz CT molecular complexity index is 440. The van der Waals surface area contributed by atoms with Crippen molar-refractivity contribution in [2.45, 2.75) is 32.9 Å². The Hall–Kier alpha value is -0.910. The van der Waals surface area contributed by atoms with E-state index in [4.69, 9.17) is 5.73 Å². The van der Waals surface area contributed by atoms with Gasteiger partial charge in [0.1, 0.15) is 4.88 Å². The van der Waals surface area contributed by atoms with E-state index < -0.39 is 5.97 Å². The zero-order valence-corrected chi connectivity index (χ0v) is 10.9. The Kier molecular flexibility index (Phi) is 3.51. The van der Waals surface area contributed by atoms with Crippen molar-refractivity contribution >= 4 is 17.3 Å². The molecular weight excluding hydrogens is 236 g/mol. The van der Waals surface area contributed by atoms with Crippen LogP contribution in [0.1, 0.15) is 45.6 Å². The first-order valence-electron chi connectivity index (χ1n) is 5.84. The third-order valence-corrected chi connectivity index (χ3v) is 4.19. The summed E-state index contributed by atoms with van der Waals surface area (Å²) < 4.78 is 0. The predicted molar refractivity (Wildman–Crippen MR) is 68.5 cm³/mol. The van der Waals surface area contributed by atoms with Gasteiger partial charge in [0.15, 0.2) is 0 Å². The summed E-state index contributed by atoms with van der Waals surface area (Å²) in [6.07, 6.45) is 0.793. The lowest BCUT2D eigenvalue weighted by Gasteiger charge is -2.22. The fraction of sp³-hybridized carbons (Fsp3) is 0.583. The molecule has 0 saturated carbocycles. The van der Waals surface area contributed by atoms with Crippen LogP contribution in [0.3, 0.4) is 0 Å². The molecule has 4 N–H and O–H groups in total. The van der Waals surface area contributed by atoms with Gasteiger partial charge in [-0.05, 0) is 23.5 Å². The fourth-order valence-electron chi connectivity index (χ4n) is 2.32. The number of nitrogens with one attached hydrogen (secondary N) is 1. The molecule has 0 spiro atoms. The highest BCUT2D eigenvalue weighted by atomic mass is 32.1. The van der Waals surface area contributed by atoms with Crippen molar-refractivity contribution in [2.75, 3.05) is 6.54 Å². The SMILES string of the molecule is CC(C)Cc1c(C(=O)O)sc2c1C(N)CNC2. The van der Waals surface area contributed by atoms with Crippen LogP contribution in [0.15, 0.2) is 0 Å². The molecular formula is C12H18N2O2S. The largest absolute Gasteiger partial charge is 0.477 e. The monoisotopic (exact) mass is 254 g/mol. The van der Waals surface area contributed by atoms with Crippen LogP contribution in [-0.4, -0.2) is 17.6 Å². The lowest BCUT2D eigenvalue weighted by molar-refractivity contribution is 0.0701. The quantitative estimate of drug-likeness (QED) is 0.768. The summed E-state index contributed by atoms with van der Waals surface area (Å²) in [5, 5.41) is 12.5. The number of hydrogen-bond donors (Lipinski definition) is 3. The third kappa shape index (κ3) is 2.36. The molecule has 2 rings (SSSR count). The average molecular weight is 254 g/mol. The van der Waals surface area contributed by atoms with E-state index in [2.05, 4.69) is 19.2 Å². The first-order valence-corrected chi connectivity index (χ1v) is 6.66. The van der Waals surface area contributed by atoms with Crippen LogP contribution in [0, 0.1) is 5.92 Å². The maximum atomic E-state index is 11.3. The van der Waals surface area contributed by atoms with Crippen molar-refractivity contribution in [1.29, 1.82) is 0 Å². The maximum Gasteiger partial charge on any atom is 0.346 e. The van der Waals surface area contributed by atoms with E-state index in [0.29, 0.717) is 10.8 Å². The molecule has 1 aromatic heterocycles. The number of carboxylic acid groups (broad SMARTS) is 1. The highest BCUT2D eigenvalue weighted by Crippen LogP contribution is 2.35. The molecule has 1 atom stereocenters. The van der Waals surface area contributed by atoms with E-state index in [1.54, 1.807) is 0 Å². The molecule has 0 radical (unpaired) electrons. The lowest BCUT2D eigenvalue weighted by atomic mass is 9.93. The van der Waals surface area contributed by atoms with Crippen LogP contribution in [0.2, 0.25) is 0 Å². The molecule has 0 bridgehead atoms. The minimum Gasteiger partial charge on any atom is -0.477 e. The molecule has 1 aromatic rings. The van der Waals surface area contributed by atoms with E-state index >= 15 is 0 Å². The summed E-state index contributed by atoms with van der Waals surface area (Å²) in [5.41, 5.74) is 8.13. The molecule has 4 nitrogen and oxygen atoms in total. The number of carboxylic acids is 1. The number of carbonyl (C=O) groups is 1. The van der Waals surface area contributed by atoms with Crippen molar-refractivity contribution in [3.8, 4) is 0 Å². The standard InChI is InChI=1S/C12H18N2O2S/c1-6(2)3-7-10-8(13)4-14-5-9(10)17-11(7)12(15)16/h6,8,14H,3-5,13H2,1-2H3,(H,15,16). The number of rotatable bonds is 3. The summed E-state index contributed by atoms with van der Waals surface area (Å²) in [6, 6.07) is -0.0724. The van der Waals surface area contributed by atoms with Gasteiger partial charge < -0.3 is 16.2 Å². The highest BCUT2D eigenvalue weighted by molar-refractivity contribution is 7.14. The Morgan fingerprint density at radius 2 is 2.35 bits per heavy atom. The van der Waals surface area contributed by atoms with Crippen molar-refractivity contribution in [3.05, 3.63) is 20.9 Å². The molecule has 1 aliphatic rings. The van der Waals surface area contributed by atoms with Gasteiger partial charge in [-0.25, -0.2) is 4.79 Å². The molecule has 1 aliphatic heterocycles. The second kappa shape index (κ2) is 4.76. The van der Waals surface area contributed by atoms with Gasteiger partial charge >= 0.3 is 5.97 Å². The topological polar surface area (TPSA) is 75.3 Å². The van der Waals surface area contributed by atoms with Crippen LogP contribution in [0.5, 0.6) is 0 Å². The van der Waals surface area contributed by atoms with Crippen LogP contribution < -0.4 is 11.1 Å². The summed E-state index contributed by atoms with van der Waals surface area (Å²) in [7, 11) is 0. The lowest BCUT2D eigenvalue weighted by Crippen LogP contribution is -2.32. The number of thiophene rings is 1. The van der Waals surface area contributed by atoms with Crippen molar-refractivity contribution in [1.82, 2.24) is 5.32 Å². The average Bonchev–Trinajstić information content (AvgIpc) is 2.57. The summed E-state index contributed by atoms with van der Waals surface area (Å²) in [5.74, 6) is -0.388. The second-order valence-corrected chi connectivity index (χ2v) is 5.99. The Labute approximate surface area is 105 Å². The Morgan fingerprint density at radius 1 is 1.65 bits per heavy atom. The first kappa shape index (κ1) is 12.5. The van der Waals surface area contributed by atoms with E-state index in [1.165, 1.54) is 11.3 Å². The molecule has 2 heterocycles. The number of aromatic carboxylic acids is 1. The van der Waals surface area contributed by atoms with Crippen LogP contribution in [0.25, 0.3) is 0 Å². The molecule has 0 saturated heterocycles. The molecule has 0 aromatic carbocycles. The molecule has 0 amide bonds. The Morgan fingerprint density at radius 3 is 2.94 bits per heavy atom. The molecule has 94 valence electrons.